The molecule has 0 radical (unpaired) electrons. The maximum atomic E-state index is 4.45. The van der Waals surface area contributed by atoms with Crippen LogP contribution in [0.2, 0.25) is 0 Å². The molecule has 0 amide bonds. The van der Waals surface area contributed by atoms with Crippen LogP contribution < -0.4 is 4.90 Å². The van der Waals surface area contributed by atoms with Crippen molar-refractivity contribution in [3.05, 3.63) is 42.5 Å². The number of benzene rings is 1. The van der Waals surface area contributed by atoms with Crippen molar-refractivity contribution in [2.24, 2.45) is 0 Å². The van der Waals surface area contributed by atoms with E-state index < -0.39 is 0 Å². The van der Waals surface area contributed by atoms with Crippen LogP contribution in [0, 0.1) is 0 Å². The van der Waals surface area contributed by atoms with Gasteiger partial charge in [-0.15, -0.1) is 0 Å². The minimum atomic E-state index is 0.716. The first kappa shape index (κ1) is 10.5. The second kappa shape index (κ2) is 4.05. The maximum Gasteiger partial charge on any atom is 0.182 e. The highest BCUT2D eigenvalue weighted by Crippen LogP contribution is 2.34. The highest BCUT2D eigenvalue weighted by atomic mass is 15.2. The van der Waals surface area contributed by atoms with Gasteiger partial charge in [-0.2, -0.15) is 0 Å². The highest BCUT2D eigenvalue weighted by molar-refractivity contribution is 5.86. The van der Waals surface area contributed by atoms with Crippen LogP contribution in [0.4, 0.5) is 11.5 Å². The molecule has 0 aliphatic carbocycles. The Balaban J connectivity index is 1.92. The zero-order valence-electron chi connectivity index (χ0n) is 10.4. The molecule has 0 unspecified atom stereocenters. The fourth-order valence-corrected chi connectivity index (χ4v) is 2.71. The van der Waals surface area contributed by atoms with Crippen LogP contribution in [0.25, 0.3) is 11.2 Å². The number of hydrogen-bond donors (Lipinski definition) is 1. The van der Waals surface area contributed by atoms with E-state index in [1.54, 1.807) is 12.7 Å². The molecule has 3 aromatic rings. The lowest BCUT2D eigenvalue weighted by atomic mass is 10.0. The molecule has 3 heterocycles. The maximum absolute atomic E-state index is 4.45. The molecule has 94 valence electrons. The monoisotopic (exact) mass is 251 g/mol. The standard InChI is InChI=1S/C14H13N5/c1-2-6-11-10(4-1)5-3-7-19(11)14-12-13(16-8-15-12)17-9-18-14/h1-2,4,6,8-9H,3,5,7H2,(H,15,16,17,18). The van der Waals surface area contributed by atoms with Crippen LogP contribution in [-0.2, 0) is 6.42 Å². The average molecular weight is 251 g/mol. The molecule has 1 N–H and O–H groups in total. The van der Waals surface area contributed by atoms with Gasteiger partial charge in [0, 0.05) is 12.2 Å². The third kappa shape index (κ3) is 1.58. The molecule has 0 bridgehead atoms. The number of rotatable bonds is 1. The summed E-state index contributed by atoms with van der Waals surface area (Å²) in [6, 6.07) is 8.50. The number of anilines is 2. The first-order valence-electron chi connectivity index (χ1n) is 6.43. The van der Waals surface area contributed by atoms with E-state index in [0.717, 1.165) is 30.7 Å². The first-order valence-corrected chi connectivity index (χ1v) is 6.43. The first-order chi connectivity index (χ1) is 9.43. The molecule has 4 rings (SSSR count). The van der Waals surface area contributed by atoms with E-state index in [9.17, 15) is 0 Å². The molecular weight excluding hydrogens is 238 g/mol. The quantitative estimate of drug-likeness (QED) is 0.721. The number of nitrogens with one attached hydrogen (secondary N) is 1. The van der Waals surface area contributed by atoms with Gasteiger partial charge < -0.3 is 9.88 Å². The van der Waals surface area contributed by atoms with Crippen molar-refractivity contribution in [1.82, 2.24) is 19.9 Å². The number of aromatic amines is 1. The van der Waals surface area contributed by atoms with Crippen molar-refractivity contribution in [3.8, 4) is 0 Å². The van der Waals surface area contributed by atoms with Gasteiger partial charge in [-0.3, -0.25) is 0 Å². The summed E-state index contributed by atoms with van der Waals surface area (Å²) in [6.45, 7) is 0.974. The van der Waals surface area contributed by atoms with E-state index in [2.05, 4.69) is 49.1 Å². The highest BCUT2D eigenvalue weighted by Gasteiger charge is 2.21. The van der Waals surface area contributed by atoms with E-state index >= 15 is 0 Å². The fraction of sp³-hybridized carbons (Fsp3) is 0.214. The van der Waals surface area contributed by atoms with Crippen LogP contribution in [0.1, 0.15) is 12.0 Å². The second-order valence-corrected chi connectivity index (χ2v) is 4.68. The summed E-state index contributed by atoms with van der Waals surface area (Å²) in [5.74, 6) is 0.912. The van der Waals surface area contributed by atoms with Crippen LogP contribution in [-0.4, -0.2) is 26.5 Å². The SMILES string of the molecule is c1ccc2c(c1)CCCN2c1ncnc2nc[nH]c12. The van der Waals surface area contributed by atoms with E-state index in [1.807, 2.05) is 0 Å². The molecule has 1 aliphatic rings. The number of hydrogen-bond acceptors (Lipinski definition) is 4. The van der Waals surface area contributed by atoms with Gasteiger partial charge in [0.1, 0.15) is 11.8 Å². The molecule has 0 saturated heterocycles. The van der Waals surface area contributed by atoms with Crippen LogP contribution >= 0.6 is 0 Å². The molecule has 5 heteroatoms. The molecule has 5 nitrogen and oxygen atoms in total. The molecule has 1 aliphatic heterocycles. The predicted molar refractivity (Wildman–Crippen MR) is 73.5 cm³/mol. The summed E-state index contributed by atoms with van der Waals surface area (Å²) in [4.78, 5) is 18.2. The van der Waals surface area contributed by atoms with Crippen LogP contribution in [0.3, 0.4) is 0 Å². The number of H-pyrrole nitrogens is 1. The molecule has 19 heavy (non-hydrogen) atoms. The Morgan fingerprint density at radius 2 is 2.05 bits per heavy atom. The molecule has 0 fully saturated rings. The Morgan fingerprint density at radius 1 is 1.11 bits per heavy atom. The van der Waals surface area contributed by atoms with Gasteiger partial charge in [-0.05, 0) is 24.5 Å². The fourth-order valence-electron chi connectivity index (χ4n) is 2.71. The van der Waals surface area contributed by atoms with E-state index in [4.69, 9.17) is 0 Å². The molecule has 2 aromatic heterocycles. The van der Waals surface area contributed by atoms with Crippen molar-refractivity contribution < 1.29 is 0 Å². The predicted octanol–water partition coefficient (Wildman–Crippen LogP) is 2.44. The minimum absolute atomic E-state index is 0.716. The summed E-state index contributed by atoms with van der Waals surface area (Å²) in [5, 5.41) is 0. The van der Waals surface area contributed by atoms with Gasteiger partial charge in [0.15, 0.2) is 11.5 Å². The number of aryl methyl sites for hydroxylation is 1. The summed E-state index contributed by atoms with van der Waals surface area (Å²) < 4.78 is 0. The van der Waals surface area contributed by atoms with Gasteiger partial charge in [-0.1, -0.05) is 18.2 Å². The third-order valence-electron chi connectivity index (χ3n) is 3.57. The summed E-state index contributed by atoms with van der Waals surface area (Å²) in [7, 11) is 0. The van der Waals surface area contributed by atoms with Crippen molar-refractivity contribution in [1.29, 1.82) is 0 Å². The number of fused-ring (bicyclic) bond motifs is 2. The third-order valence-corrected chi connectivity index (χ3v) is 3.57. The van der Waals surface area contributed by atoms with E-state index in [-0.39, 0.29) is 0 Å². The Morgan fingerprint density at radius 3 is 3.05 bits per heavy atom. The lowest BCUT2D eigenvalue weighted by Gasteiger charge is -2.30. The van der Waals surface area contributed by atoms with Crippen LogP contribution in [0.5, 0.6) is 0 Å². The van der Waals surface area contributed by atoms with E-state index in [0.29, 0.717) is 5.65 Å². The lowest BCUT2D eigenvalue weighted by molar-refractivity contribution is 0.760. The topological polar surface area (TPSA) is 57.7 Å². The largest absolute Gasteiger partial charge is 0.340 e. The molecule has 0 atom stereocenters. The number of imidazole rings is 1. The zero-order valence-corrected chi connectivity index (χ0v) is 10.4. The van der Waals surface area contributed by atoms with Gasteiger partial charge in [-0.25, -0.2) is 15.0 Å². The molecule has 0 spiro atoms. The summed E-state index contributed by atoms with van der Waals surface area (Å²) >= 11 is 0. The zero-order chi connectivity index (χ0) is 12.7. The Bertz CT molecular complexity index is 733. The van der Waals surface area contributed by atoms with Gasteiger partial charge in [0.25, 0.3) is 0 Å². The number of aromatic nitrogens is 4. The number of para-hydroxylation sites is 1. The number of nitrogens with zero attached hydrogens (tertiary/aromatic N) is 4. The smallest absolute Gasteiger partial charge is 0.182 e. The minimum Gasteiger partial charge on any atom is -0.340 e. The average Bonchev–Trinajstić information content (AvgIpc) is 2.95. The van der Waals surface area contributed by atoms with Crippen molar-refractivity contribution >= 4 is 22.7 Å². The molecule has 1 aromatic carbocycles. The van der Waals surface area contributed by atoms with Gasteiger partial charge in [0.05, 0.1) is 6.33 Å². The van der Waals surface area contributed by atoms with Crippen molar-refractivity contribution in [3.63, 3.8) is 0 Å². The lowest BCUT2D eigenvalue weighted by Crippen LogP contribution is -2.25. The van der Waals surface area contributed by atoms with Crippen molar-refractivity contribution in [2.45, 2.75) is 12.8 Å². The molecule has 0 saturated carbocycles. The van der Waals surface area contributed by atoms with Gasteiger partial charge >= 0.3 is 0 Å². The van der Waals surface area contributed by atoms with Crippen molar-refractivity contribution in [2.75, 3.05) is 11.4 Å². The van der Waals surface area contributed by atoms with E-state index in [1.165, 1.54) is 11.3 Å². The molecular formula is C14H13N5. The summed E-state index contributed by atoms with van der Waals surface area (Å²) in [6.07, 6.45) is 5.51. The Hall–Kier alpha value is -2.43. The Kier molecular flexibility index (Phi) is 2.24. The van der Waals surface area contributed by atoms with Crippen LogP contribution in [0.15, 0.2) is 36.9 Å². The Labute approximate surface area is 110 Å². The summed E-state index contributed by atoms with van der Waals surface area (Å²) in [5.41, 5.74) is 4.23. The van der Waals surface area contributed by atoms with Gasteiger partial charge in [0.2, 0.25) is 0 Å². The second-order valence-electron chi connectivity index (χ2n) is 4.68. The normalized spacial score (nSPS) is 14.6.